The maximum absolute atomic E-state index is 9.39. The maximum atomic E-state index is 9.39. The van der Waals surface area contributed by atoms with Crippen LogP contribution in [0.4, 0.5) is 0 Å². The number of benzene rings is 1. The van der Waals surface area contributed by atoms with Crippen molar-refractivity contribution in [3.05, 3.63) is 29.8 Å². The summed E-state index contributed by atoms with van der Waals surface area (Å²) < 4.78 is 0. The molecule has 0 amide bonds. The molecule has 3 heteroatoms. The molecular weight excluding hydrogens is 248 g/mol. The Balaban J connectivity index is 1.92. The molecule has 0 radical (unpaired) electrons. The lowest BCUT2D eigenvalue weighted by Crippen LogP contribution is -2.42. The van der Waals surface area contributed by atoms with E-state index in [1.54, 1.807) is 12.1 Å². The zero-order valence-corrected chi connectivity index (χ0v) is 13.0. The molecular formula is C17H28N2O. The van der Waals surface area contributed by atoms with Crippen LogP contribution in [0.3, 0.4) is 0 Å². The molecule has 1 unspecified atom stereocenters. The third kappa shape index (κ3) is 3.97. The second kappa shape index (κ2) is 6.59. The first-order chi connectivity index (χ1) is 9.52. The largest absolute Gasteiger partial charge is 0.508 e. The van der Waals surface area contributed by atoms with Gasteiger partial charge < -0.3 is 15.3 Å². The number of rotatable bonds is 5. The molecule has 0 bridgehead atoms. The molecule has 1 aliphatic heterocycles. The van der Waals surface area contributed by atoms with Crippen molar-refractivity contribution >= 4 is 0 Å². The minimum atomic E-state index is 0.339. The van der Waals surface area contributed by atoms with Crippen LogP contribution in [0, 0.1) is 5.41 Å². The van der Waals surface area contributed by atoms with E-state index in [0.717, 1.165) is 13.0 Å². The van der Waals surface area contributed by atoms with Gasteiger partial charge in [0.2, 0.25) is 0 Å². The van der Waals surface area contributed by atoms with Crippen molar-refractivity contribution < 1.29 is 5.11 Å². The number of hydrogen-bond acceptors (Lipinski definition) is 3. The summed E-state index contributed by atoms with van der Waals surface area (Å²) in [4.78, 5) is 2.42. The van der Waals surface area contributed by atoms with Crippen LogP contribution in [-0.4, -0.2) is 36.7 Å². The molecule has 0 saturated carbocycles. The van der Waals surface area contributed by atoms with Crippen molar-refractivity contribution in [2.45, 2.75) is 39.2 Å². The van der Waals surface area contributed by atoms with E-state index >= 15 is 0 Å². The topological polar surface area (TPSA) is 35.5 Å². The molecule has 1 aliphatic rings. The van der Waals surface area contributed by atoms with E-state index in [-0.39, 0.29) is 0 Å². The lowest BCUT2D eigenvalue weighted by Gasteiger charge is -2.39. The summed E-state index contributed by atoms with van der Waals surface area (Å²) in [7, 11) is 2.21. The van der Waals surface area contributed by atoms with Gasteiger partial charge in [0.25, 0.3) is 0 Å². The van der Waals surface area contributed by atoms with Crippen LogP contribution in [0.5, 0.6) is 5.75 Å². The molecule has 1 atom stereocenters. The number of hydrogen-bond donors (Lipinski definition) is 2. The lowest BCUT2D eigenvalue weighted by atomic mass is 9.80. The molecule has 1 saturated heterocycles. The predicted molar refractivity (Wildman–Crippen MR) is 84.0 cm³/mol. The number of likely N-dealkylation sites (tertiary alicyclic amines) is 1. The van der Waals surface area contributed by atoms with Gasteiger partial charge in [0.1, 0.15) is 5.75 Å². The average Bonchev–Trinajstić information content (AvgIpc) is 2.45. The fraction of sp³-hybridized carbons (Fsp3) is 0.647. The minimum Gasteiger partial charge on any atom is -0.508 e. The van der Waals surface area contributed by atoms with Gasteiger partial charge in [-0.3, -0.25) is 0 Å². The van der Waals surface area contributed by atoms with E-state index in [2.05, 4.69) is 31.1 Å². The monoisotopic (exact) mass is 276 g/mol. The van der Waals surface area contributed by atoms with E-state index < -0.39 is 0 Å². The second-order valence-corrected chi connectivity index (χ2v) is 6.55. The highest BCUT2D eigenvalue weighted by Gasteiger charge is 2.29. The van der Waals surface area contributed by atoms with Gasteiger partial charge in [-0.15, -0.1) is 0 Å². The van der Waals surface area contributed by atoms with E-state index in [1.165, 1.54) is 31.5 Å². The molecule has 20 heavy (non-hydrogen) atoms. The van der Waals surface area contributed by atoms with Gasteiger partial charge >= 0.3 is 0 Å². The van der Waals surface area contributed by atoms with Crippen LogP contribution >= 0.6 is 0 Å². The van der Waals surface area contributed by atoms with Crippen molar-refractivity contribution in [1.29, 1.82) is 0 Å². The minimum absolute atomic E-state index is 0.339. The second-order valence-electron chi connectivity index (χ2n) is 6.55. The van der Waals surface area contributed by atoms with Crippen molar-refractivity contribution in [2.75, 3.05) is 26.7 Å². The van der Waals surface area contributed by atoms with E-state index in [0.29, 0.717) is 17.2 Å². The average molecular weight is 276 g/mol. The fourth-order valence-electron chi connectivity index (χ4n) is 2.91. The highest BCUT2D eigenvalue weighted by molar-refractivity contribution is 5.28. The Morgan fingerprint density at radius 2 is 1.85 bits per heavy atom. The van der Waals surface area contributed by atoms with Crippen molar-refractivity contribution in [1.82, 2.24) is 10.2 Å². The Morgan fingerprint density at radius 3 is 2.40 bits per heavy atom. The highest BCUT2D eigenvalue weighted by atomic mass is 16.3. The highest BCUT2D eigenvalue weighted by Crippen LogP contribution is 2.30. The maximum Gasteiger partial charge on any atom is 0.115 e. The third-order valence-electron chi connectivity index (χ3n) is 4.67. The predicted octanol–water partition coefficient (Wildman–Crippen LogP) is 3.16. The molecule has 2 N–H and O–H groups in total. The van der Waals surface area contributed by atoms with E-state index in [4.69, 9.17) is 0 Å². The summed E-state index contributed by atoms with van der Waals surface area (Å²) in [5.74, 6) is 0.339. The molecule has 1 aromatic rings. The molecule has 1 aromatic carbocycles. The SMILES string of the molecule is CCC(NCC1(C)CCN(C)CC1)c1ccc(O)cc1. The Kier molecular flexibility index (Phi) is 5.06. The lowest BCUT2D eigenvalue weighted by molar-refractivity contribution is 0.133. The van der Waals surface area contributed by atoms with Gasteiger partial charge in [0.15, 0.2) is 0 Å². The van der Waals surface area contributed by atoms with Gasteiger partial charge in [0.05, 0.1) is 0 Å². The van der Waals surface area contributed by atoms with Crippen LogP contribution in [0.2, 0.25) is 0 Å². The summed E-state index contributed by atoms with van der Waals surface area (Å²) >= 11 is 0. The smallest absolute Gasteiger partial charge is 0.115 e. The number of phenolic OH excluding ortho intramolecular Hbond substituents is 1. The summed E-state index contributed by atoms with van der Waals surface area (Å²) in [5.41, 5.74) is 1.68. The first kappa shape index (κ1) is 15.3. The van der Waals surface area contributed by atoms with Crippen LogP contribution in [-0.2, 0) is 0 Å². The van der Waals surface area contributed by atoms with Crippen LogP contribution < -0.4 is 5.32 Å². The van der Waals surface area contributed by atoms with Crippen LogP contribution in [0.1, 0.15) is 44.7 Å². The van der Waals surface area contributed by atoms with Gasteiger partial charge in [-0.25, -0.2) is 0 Å². The summed E-state index contributed by atoms with van der Waals surface area (Å²) in [6.07, 6.45) is 3.60. The molecule has 0 spiro atoms. The summed E-state index contributed by atoms with van der Waals surface area (Å²) in [6.45, 7) is 8.08. The van der Waals surface area contributed by atoms with E-state index in [1.807, 2.05) is 12.1 Å². The molecule has 112 valence electrons. The normalized spacial score (nSPS) is 20.8. The summed E-state index contributed by atoms with van der Waals surface area (Å²) in [6, 6.07) is 7.97. The number of aromatic hydroxyl groups is 1. The molecule has 0 aromatic heterocycles. The third-order valence-corrected chi connectivity index (χ3v) is 4.67. The number of nitrogens with one attached hydrogen (secondary N) is 1. The van der Waals surface area contributed by atoms with Crippen LogP contribution in [0.15, 0.2) is 24.3 Å². The Morgan fingerprint density at radius 1 is 1.25 bits per heavy atom. The zero-order chi connectivity index (χ0) is 14.6. The first-order valence-corrected chi connectivity index (χ1v) is 7.73. The number of phenols is 1. The number of piperidine rings is 1. The van der Waals surface area contributed by atoms with Crippen molar-refractivity contribution in [3.8, 4) is 5.75 Å². The molecule has 2 rings (SSSR count). The number of nitrogens with zero attached hydrogens (tertiary/aromatic N) is 1. The first-order valence-electron chi connectivity index (χ1n) is 7.73. The van der Waals surface area contributed by atoms with Gasteiger partial charge in [-0.1, -0.05) is 26.0 Å². The molecule has 0 aliphatic carbocycles. The van der Waals surface area contributed by atoms with Crippen molar-refractivity contribution in [2.24, 2.45) is 5.41 Å². The summed E-state index contributed by atoms with van der Waals surface area (Å²) in [5, 5.41) is 13.1. The fourth-order valence-corrected chi connectivity index (χ4v) is 2.91. The van der Waals surface area contributed by atoms with Gasteiger partial charge in [-0.2, -0.15) is 0 Å². The van der Waals surface area contributed by atoms with Gasteiger partial charge in [0, 0.05) is 12.6 Å². The molecule has 1 heterocycles. The molecule has 3 nitrogen and oxygen atoms in total. The Bertz CT molecular complexity index is 408. The molecule has 1 fully saturated rings. The van der Waals surface area contributed by atoms with Crippen LogP contribution in [0.25, 0.3) is 0 Å². The quantitative estimate of drug-likeness (QED) is 0.867. The van der Waals surface area contributed by atoms with Crippen molar-refractivity contribution in [3.63, 3.8) is 0 Å². The van der Waals surface area contributed by atoms with E-state index in [9.17, 15) is 5.11 Å². The Labute approximate surface area is 123 Å². The zero-order valence-electron chi connectivity index (χ0n) is 13.0. The standard InChI is InChI=1S/C17H28N2O/c1-4-16(14-5-7-15(20)8-6-14)18-13-17(2)9-11-19(3)12-10-17/h5-8,16,18,20H,4,9-13H2,1-3H3. The Hall–Kier alpha value is -1.06. The van der Waals surface area contributed by atoms with Gasteiger partial charge in [-0.05, 0) is 62.5 Å².